The van der Waals surface area contributed by atoms with Crippen LogP contribution in [0.3, 0.4) is 0 Å². The second-order valence-electron chi connectivity index (χ2n) is 5.57. The van der Waals surface area contributed by atoms with Crippen LogP contribution in [-0.4, -0.2) is 40.1 Å². The zero-order valence-corrected chi connectivity index (χ0v) is 11.4. The number of carbonyl (C=O) groups is 2. The first-order valence-electron chi connectivity index (χ1n) is 6.33. The lowest BCUT2D eigenvalue weighted by atomic mass is 10.1. The fourth-order valence-electron chi connectivity index (χ4n) is 2.09. The minimum atomic E-state index is -0.553. The average Bonchev–Trinajstić information content (AvgIpc) is 2.97. The average molecular weight is 266 g/mol. The number of amides is 1. The first kappa shape index (κ1) is 13.6. The third-order valence-corrected chi connectivity index (χ3v) is 2.85. The van der Waals surface area contributed by atoms with Gasteiger partial charge in [0, 0.05) is 12.6 Å². The largest absolute Gasteiger partial charge is 0.458 e. The lowest BCUT2D eigenvalue weighted by Gasteiger charge is -2.26. The summed E-state index contributed by atoms with van der Waals surface area (Å²) in [4.78, 5) is 25.8. The Balaban J connectivity index is 2.09. The van der Waals surface area contributed by atoms with Gasteiger partial charge >= 0.3 is 5.97 Å². The van der Waals surface area contributed by atoms with Crippen LogP contribution < -0.4 is 0 Å². The molecule has 0 radical (unpaired) electrons. The highest BCUT2D eigenvalue weighted by Gasteiger charge is 2.37. The number of nitrogens with zero attached hydrogens (tertiary/aromatic N) is 2. The van der Waals surface area contributed by atoms with Gasteiger partial charge in [-0.25, -0.2) is 4.79 Å². The molecule has 1 amide bonds. The first-order chi connectivity index (χ1) is 8.88. The summed E-state index contributed by atoms with van der Waals surface area (Å²) in [5, 5.41) is 3.61. The van der Waals surface area contributed by atoms with Gasteiger partial charge in [0.2, 0.25) is 0 Å². The van der Waals surface area contributed by atoms with Gasteiger partial charge in [-0.1, -0.05) is 5.16 Å². The molecule has 1 aromatic heterocycles. The Hall–Kier alpha value is -1.85. The third-order valence-electron chi connectivity index (χ3n) is 2.85. The second kappa shape index (κ2) is 5.03. The maximum Gasteiger partial charge on any atom is 0.329 e. The number of esters is 1. The predicted molar refractivity (Wildman–Crippen MR) is 66.4 cm³/mol. The molecule has 1 atom stereocenters. The number of carbonyl (C=O) groups excluding carboxylic acids is 2. The number of hydrogen-bond acceptors (Lipinski definition) is 5. The van der Waals surface area contributed by atoms with Crippen molar-refractivity contribution in [2.45, 2.75) is 45.3 Å². The van der Waals surface area contributed by atoms with Gasteiger partial charge in [-0.05, 0) is 33.6 Å². The highest BCUT2D eigenvalue weighted by Crippen LogP contribution is 2.22. The van der Waals surface area contributed by atoms with Crippen LogP contribution in [-0.2, 0) is 9.53 Å². The molecule has 2 heterocycles. The molecule has 0 bridgehead atoms. The van der Waals surface area contributed by atoms with Crippen LogP contribution in [0.5, 0.6) is 0 Å². The van der Waals surface area contributed by atoms with Gasteiger partial charge in [-0.2, -0.15) is 0 Å². The minimum absolute atomic E-state index is 0.218. The van der Waals surface area contributed by atoms with Crippen LogP contribution in [0.1, 0.15) is 44.1 Å². The molecule has 6 nitrogen and oxygen atoms in total. The van der Waals surface area contributed by atoms with Gasteiger partial charge in [0.15, 0.2) is 5.69 Å². The molecule has 1 aliphatic rings. The van der Waals surface area contributed by atoms with Crippen molar-refractivity contribution in [3.63, 3.8) is 0 Å². The SMILES string of the molecule is CC(C)(C)OC(=O)[C@@H]1CCCN1C(=O)c1ccon1. The van der Waals surface area contributed by atoms with Crippen LogP contribution in [0.25, 0.3) is 0 Å². The lowest BCUT2D eigenvalue weighted by molar-refractivity contribution is -0.159. The highest BCUT2D eigenvalue weighted by molar-refractivity contribution is 5.95. The van der Waals surface area contributed by atoms with Gasteiger partial charge in [0.1, 0.15) is 17.9 Å². The van der Waals surface area contributed by atoms with Crippen LogP contribution in [0.2, 0.25) is 0 Å². The molecule has 1 fully saturated rings. The molecule has 0 spiro atoms. The minimum Gasteiger partial charge on any atom is -0.458 e. The quantitative estimate of drug-likeness (QED) is 0.760. The molecule has 1 saturated heterocycles. The second-order valence-corrected chi connectivity index (χ2v) is 5.57. The van der Waals surface area contributed by atoms with Crippen molar-refractivity contribution >= 4 is 11.9 Å². The van der Waals surface area contributed by atoms with Crippen molar-refractivity contribution < 1.29 is 18.8 Å². The summed E-state index contributed by atoms with van der Waals surface area (Å²) in [6.07, 6.45) is 2.75. The van der Waals surface area contributed by atoms with E-state index in [4.69, 9.17) is 4.74 Å². The lowest BCUT2D eigenvalue weighted by Crippen LogP contribution is -2.43. The maximum atomic E-state index is 12.2. The van der Waals surface area contributed by atoms with E-state index >= 15 is 0 Å². The summed E-state index contributed by atoms with van der Waals surface area (Å²) < 4.78 is 10.0. The van der Waals surface area contributed by atoms with E-state index in [0.29, 0.717) is 13.0 Å². The molecule has 19 heavy (non-hydrogen) atoms. The van der Waals surface area contributed by atoms with E-state index in [2.05, 4.69) is 9.68 Å². The number of ether oxygens (including phenoxy) is 1. The Morgan fingerprint density at radius 1 is 1.47 bits per heavy atom. The summed E-state index contributed by atoms with van der Waals surface area (Å²) in [5.74, 6) is -0.649. The fourth-order valence-corrected chi connectivity index (χ4v) is 2.09. The standard InChI is InChI=1S/C13H18N2O4/c1-13(2,3)19-12(17)10-5-4-7-15(10)11(16)9-6-8-18-14-9/h6,8,10H,4-5,7H2,1-3H3/t10-/m0/s1. The zero-order chi connectivity index (χ0) is 14.0. The van der Waals surface area contributed by atoms with Crippen molar-refractivity contribution in [3.8, 4) is 0 Å². The first-order valence-corrected chi connectivity index (χ1v) is 6.33. The Morgan fingerprint density at radius 3 is 2.79 bits per heavy atom. The van der Waals surface area contributed by atoms with Crippen LogP contribution in [0.4, 0.5) is 0 Å². The van der Waals surface area contributed by atoms with Crippen molar-refractivity contribution in [2.75, 3.05) is 6.54 Å². The monoisotopic (exact) mass is 266 g/mol. The van der Waals surface area contributed by atoms with Crippen LogP contribution >= 0.6 is 0 Å². The Kier molecular flexibility index (Phi) is 3.59. The van der Waals surface area contributed by atoms with Crippen molar-refractivity contribution in [1.29, 1.82) is 0 Å². The Morgan fingerprint density at radius 2 is 2.21 bits per heavy atom. The Labute approximate surface area is 111 Å². The van der Waals surface area contributed by atoms with Gasteiger partial charge in [-0.3, -0.25) is 4.79 Å². The predicted octanol–water partition coefficient (Wildman–Crippen LogP) is 1.62. The number of hydrogen-bond donors (Lipinski definition) is 0. The molecular weight excluding hydrogens is 248 g/mol. The molecule has 0 unspecified atom stereocenters. The topological polar surface area (TPSA) is 72.6 Å². The van der Waals surface area contributed by atoms with Gasteiger partial charge in [0.25, 0.3) is 5.91 Å². The molecule has 2 rings (SSSR count). The summed E-state index contributed by atoms with van der Waals surface area (Å²) >= 11 is 0. The molecule has 104 valence electrons. The van der Waals surface area contributed by atoms with Crippen molar-refractivity contribution in [1.82, 2.24) is 10.1 Å². The van der Waals surface area contributed by atoms with E-state index < -0.39 is 11.6 Å². The van der Waals surface area contributed by atoms with E-state index in [9.17, 15) is 9.59 Å². The van der Waals surface area contributed by atoms with E-state index in [1.54, 1.807) is 0 Å². The maximum absolute atomic E-state index is 12.2. The smallest absolute Gasteiger partial charge is 0.329 e. The van der Waals surface area contributed by atoms with Gasteiger partial charge < -0.3 is 14.2 Å². The van der Waals surface area contributed by atoms with E-state index in [-0.39, 0.29) is 17.6 Å². The molecule has 0 N–H and O–H groups in total. The molecule has 1 aromatic rings. The highest BCUT2D eigenvalue weighted by atomic mass is 16.6. The third kappa shape index (κ3) is 3.13. The molecule has 0 saturated carbocycles. The van der Waals surface area contributed by atoms with Crippen LogP contribution in [0.15, 0.2) is 16.9 Å². The van der Waals surface area contributed by atoms with Crippen molar-refractivity contribution in [3.05, 3.63) is 18.0 Å². The van der Waals surface area contributed by atoms with E-state index in [1.807, 2.05) is 20.8 Å². The van der Waals surface area contributed by atoms with Gasteiger partial charge in [0.05, 0.1) is 0 Å². The summed E-state index contributed by atoms with van der Waals surface area (Å²) in [6, 6.07) is 0.968. The van der Waals surface area contributed by atoms with Crippen molar-refractivity contribution in [2.24, 2.45) is 0 Å². The number of rotatable bonds is 2. The summed E-state index contributed by atoms with van der Waals surface area (Å²) in [5.41, 5.74) is -0.335. The fraction of sp³-hybridized carbons (Fsp3) is 0.615. The zero-order valence-electron chi connectivity index (χ0n) is 11.4. The molecule has 1 aliphatic heterocycles. The van der Waals surface area contributed by atoms with E-state index in [0.717, 1.165) is 6.42 Å². The Bertz CT molecular complexity index is 461. The molecule has 0 aliphatic carbocycles. The molecular formula is C13H18N2O4. The van der Waals surface area contributed by atoms with E-state index in [1.165, 1.54) is 17.2 Å². The summed E-state index contributed by atoms with van der Waals surface area (Å²) in [6.45, 7) is 5.96. The molecule has 0 aromatic carbocycles. The summed E-state index contributed by atoms with van der Waals surface area (Å²) in [7, 11) is 0. The number of aromatic nitrogens is 1. The number of likely N-dealkylation sites (tertiary alicyclic amines) is 1. The molecule has 6 heteroatoms. The van der Waals surface area contributed by atoms with Gasteiger partial charge in [-0.15, -0.1) is 0 Å². The van der Waals surface area contributed by atoms with Crippen LogP contribution in [0, 0.1) is 0 Å². The normalized spacial score (nSPS) is 19.5.